The van der Waals surface area contributed by atoms with E-state index < -0.39 is 6.09 Å². The van der Waals surface area contributed by atoms with Crippen molar-refractivity contribution in [1.82, 2.24) is 15.1 Å². The van der Waals surface area contributed by atoms with Crippen molar-refractivity contribution in [2.75, 3.05) is 33.9 Å². The molecule has 2 saturated heterocycles. The Balaban J connectivity index is 0.000000285. The molecule has 8 nitrogen and oxygen atoms in total. The summed E-state index contributed by atoms with van der Waals surface area (Å²) >= 11 is 0. The Morgan fingerprint density at radius 3 is 2.06 bits per heavy atom. The van der Waals surface area contributed by atoms with Crippen molar-refractivity contribution in [2.45, 2.75) is 58.2 Å². The number of benzene rings is 1. The van der Waals surface area contributed by atoms with E-state index in [1.165, 1.54) is 4.90 Å². The summed E-state index contributed by atoms with van der Waals surface area (Å²) in [4.78, 5) is 27.2. The minimum Gasteiger partial charge on any atom is -0.497 e. The lowest BCUT2D eigenvalue weighted by molar-refractivity contribution is -0.133. The number of ether oxygens (including phenoxy) is 2. The van der Waals surface area contributed by atoms with Gasteiger partial charge in [-0.05, 0) is 36.6 Å². The Morgan fingerprint density at radius 1 is 1.16 bits per heavy atom. The summed E-state index contributed by atoms with van der Waals surface area (Å²) in [5.41, 5.74) is -0.340. The summed E-state index contributed by atoms with van der Waals surface area (Å²) in [5, 5.41) is 12.6. The van der Waals surface area contributed by atoms with Crippen LogP contribution in [0.2, 0.25) is 0 Å². The van der Waals surface area contributed by atoms with Gasteiger partial charge in [-0.1, -0.05) is 27.2 Å². The molecule has 1 aromatic carbocycles. The van der Waals surface area contributed by atoms with Crippen molar-refractivity contribution in [2.24, 2.45) is 5.92 Å². The van der Waals surface area contributed by atoms with E-state index in [1.807, 2.05) is 29.2 Å². The molecule has 1 atom stereocenters. The van der Waals surface area contributed by atoms with Crippen molar-refractivity contribution in [3.8, 4) is 11.5 Å². The highest BCUT2D eigenvalue weighted by atomic mass is 16.5. The van der Waals surface area contributed by atoms with Gasteiger partial charge in [-0.15, -0.1) is 0 Å². The number of carboxylic acid groups (broad SMARTS) is 1. The van der Waals surface area contributed by atoms with Gasteiger partial charge in [-0.3, -0.25) is 10.1 Å². The number of hydrogen-bond acceptors (Lipinski definition) is 5. The SMILES string of the molecule is CCCCN1C(=O)C(C(C)C)NC12CCN(C(=O)O)CC2.COc1ccc(OC)cc1. The maximum atomic E-state index is 12.7. The van der Waals surface area contributed by atoms with Gasteiger partial charge in [0.15, 0.2) is 0 Å². The molecule has 0 aliphatic carbocycles. The molecule has 0 radical (unpaired) electrons. The lowest BCUT2D eigenvalue weighted by Gasteiger charge is -2.44. The third kappa shape index (κ3) is 6.03. The van der Waals surface area contributed by atoms with Gasteiger partial charge in [0, 0.05) is 32.5 Å². The minimum absolute atomic E-state index is 0.141. The highest BCUT2D eigenvalue weighted by Gasteiger charge is 2.52. The zero-order valence-corrected chi connectivity index (χ0v) is 19.4. The number of unbranched alkanes of at least 4 members (excludes halogenated alkanes) is 1. The highest BCUT2D eigenvalue weighted by Crippen LogP contribution is 2.34. The Hall–Kier alpha value is -2.48. The molecule has 2 aliphatic heterocycles. The minimum atomic E-state index is -0.866. The predicted molar refractivity (Wildman–Crippen MR) is 119 cm³/mol. The van der Waals surface area contributed by atoms with E-state index in [-0.39, 0.29) is 23.5 Å². The van der Waals surface area contributed by atoms with E-state index in [9.17, 15) is 9.59 Å². The average molecular weight is 436 g/mol. The second-order valence-electron chi connectivity index (χ2n) is 8.39. The van der Waals surface area contributed by atoms with Crippen LogP contribution in [0.25, 0.3) is 0 Å². The van der Waals surface area contributed by atoms with Crippen LogP contribution in [0.5, 0.6) is 11.5 Å². The number of nitrogens with zero attached hydrogens (tertiary/aromatic N) is 2. The summed E-state index contributed by atoms with van der Waals surface area (Å²) < 4.78 is 9.92. The Bertz CT molecular complexity index is 691. The van der Waals surface area contributed by atoms with Crippen LogP contribution in [-0.4, -0.2) is 72.5 Å². The van der Waals surface area contributed by atoms with E-state index in [0.717, 1.165) is 30.9 Å². The first-order valence-electron chi connectivity index (χ1n) is 11.0. The summed E-state index contributed by atoms with van der Waals surface area (Å²) in [5.74, 6) is 2.13. The number of amides is 2. The van der Waals surface area contributed by atoms with Crippen LogP contribution in [0.1, 0.15) is 46.5 Å². The predicted octanol–water partition coefficient (Wildman–Crippen LogP) is 3.42. The fourth-order valence-corrected chi connectivity index (χ4v) is 4.09. The molecule has 3 rings (SSSR count). The molecule has 174 valence electrons. The van der Waals surface area contributed by atoms with Gasteiger partial charge in [-0.2, -0.15) is 0 Å². The molecule has 2 aliphatic rings. The fraction of sp³-hybridized carbons (Fsp3) is 0.652. The molecule has 0 bridgehead atoms. The fourth-order valence-electron chi connectivity index (χ4n) is 4.09. The Morgan fingerprint density at radius 2 is 1.68 bits per heavy atom. The summed E-state index contributed by atoms with van der Waals surface area (Å²) in [7, 11) is 3.28. The first-order valence-corrected chi connectivity index (χ1v) is 11.0. The van der Waals surface area contributed by atoms with E-state index in [2.05, 4.69) is 26.1 Å². The topological polar surface area (TPSA) is 91.3 Å². The van der Waals surface area contributed by atoms with Crippen molar-refractivity contribution in [1.29, 1.82) is 0 Å². The lowest BCUT2D eigenvalue weighted by atomic mass is 9.95. The van der Waals surface area contributed by atoms with E-state index in [1.54, 1.807) is 14.2 Å². The van der Waals surface area contributed by atoms with Gasteiger partial charge in [-0.25, -0.2) is 4.79 Å². The average Bonchev–Trinajstić information content (AvgIpc) is 3.04. The monoisotopic (exact) mass is 435 g/mol. The number of carbonyl (C=O) groups excluding carboxylic acids is 1. The van der Waals surface area contributed by atoms with Crippen molar-refractivity contribution in [3.63, 3.8) is 0 Å². The standard InChI is InChI=1S/C15H27N3O3.C8H10O2/c1-4-5-8-18-13(19)12(11(2)3)16-15(18)6-9-17(10-7-15)14(20)21;1-9-7-3-5-8(10-2)6-4-7/h11-12,16H,4-10H2,1-3H3,(H,20,21);3-6H,1-2H3. The lowest BCUT2D eigenvalue weighted by Crippen LogP contribution is -2.59. The Kier molecular flexibility index (Phi) is 8.98. The van der Waals surface area contributed by atoms with Gasteiger partial charge < -0.3 is 24.4 Å². The van der Waals surface area contributed by atoms with Crippen LogP contribution in [0.3, 0.4) is 0 Å². The molecule has 2 N–H and O–H groups in total. The highest BCUT2D eigenvalue weighted by molar-refractivity contribution is 5.85. The second kappa shape index (κ2) is 11.2. The summed E-state index contributed by atoms with van der Waals surface area (Å²) in [6.45, 7) is 7.97. The van der Waals surface area contributed by atoms with Gasteiger partial charge in [0.25, 0.3) is 0 Å². The molecule has 2 heterocycles. The molecular formula is C23H37N3O5. The first kappa shape index (κ1) is 24.8. The largest absolute Gasteiger partial charge is 0.497 e. The number of carbonyl (C=O) groups is 2. The number of likely N-dealkylation sites (tertiary alicyclic amines) is 1. The van der Waals surface area contributed by atoms with Crippen LogP contribution in [-0.2, 0) is 4.79 Å². The van der Waals surface area contributed by atoms with E-state index in [4.69, 9.17) is 14.6 Å². The normalized spacial score (nSPS) is 19.9. The summed E-state index contributed by atoms with van der Waals surface area (Å²) in [6, 6.07) is 7.30. The molecule has 0 saturated carbocycles. The zero-order valence-electron chi connectivity index (χ0n) is 19.4. The molecule has 1 aromatic rings. The number of rotatable bonds is 6. The molecule has 1 unspecified atom stereocenters. The number of hydrogen-bond donors (Lipinski definition) is 2. The van der Waals surface area contributed by atoms with Crippen LogP contribution in [0.4, 0.5) is 4.79 Å². The molecular weight excluding hydrogens is 398 g/mol. The Labute approximate surface area is 185 Å². The van der Waals surface area contributed by atoms with Crippen LogP contribution in [0.15, 0.2) is 24.3 Å². The molecule has 0 aromatic heterocycles. The van der Waals surface area contributed by atoms with Crippen LogP contribution >= 0.6 is 0 Å². The molecule has 8 heteroatoms. The van der Waals surface area contributed by atoms with Crippen molar-refractivity contribution < 1.29 is 24.2 Å². The van der Waals surface area contributed by atoms with Crippen molar-refractivity contribution >= 4 is 12.0 Å². The van der Waals surface area contributed by atoms with Crippen LogP contribution < -0.4 is 14.8 Å². The number of methoxy groups -OCH3 is 2. The van der Waals surface area contributed by atoms with Crippen LogP contribution in [0, 0.1) is 5.92 Å². The second-order valence-corrected chi connectivity index (χ2v) is 8.39. The molecule has 1 spiro atoms. The van der Waals surface area contributed by atoms with E-state index >= 15 is 0 Å². The smallest absolute Gasteiger partial charge is 0.407 e. The first-order chi connectivity index (χ1) is 14.8. The number of nitrogens with one attached hydrogen (secondary N) is 1. The van der Waals surface area contributed by atoms with E-state index in [0.29, 0.717) is 25.9 Å². The quantitative estimate of drug-likeness (QED) is 0.712. The number of piperidine rings is 1. The third-order valence-electron chi connectivity index (χ3n) is 6.03. The summed E-state index contributed by atoms with van der Waals surface area (Å²) in [6.07, 6.45) is 2.53. The van der Waals surface area contributed by atoms with Crippen molar-refractivity contribution in [3.05, 3.63) is 24.3 Å². The van der Waals surface area contributed by atoms with Gasteiger partial charge in [0.2, 0.25) is 5.91 Å². The van der Waals surface area contributed by atoms with Gasteiger partial charge in [0.1, 0.15) is 11.5 Å². The molecule has 2 fully saturated rings. The molecule has 2 amide bonds. The maximum Gasteiger partial charge on any atom is 0.407 e. The maximum absolute atomic E-state index is 12.7. The third-order valence-corrected chi connectivity index (χ3v) is 6.03. The molecule has 31 heavy (non-hydrogen) atoms. The van der Waals surface area contributed by atoms with Gasteiger partial charge in [0.05, 0.1) is 25.9 Å². The van der Waals surface area contributed by atoms with Gasteiger partial charge >= 0.3 is 6.09 Å². The zero-order chi connectivity index (χ0) is 23.0.